The highest BCUT2D eigenvalue weighted by Crippen LogP contribution is 2.27. The summed E-state index contributed by atoms with van der Waals surface area (Å²) < 4.78 is 57.1. The molecule has 1 aromatic heterocycles. The van der Waals surface area contributed by atoms with Crippen molar-refractivity contribution in [2.45, 2.75) is 25.7 Å². The summed E-state index contributed by atoms with van der Waals surface area (Å²) >= 11 is 0. The number of fused-ring (bicyclic) bond motifs is 1. The first-order valence-corrected chi connectivity index (χ1v) is 10.4. The van der Waals surface area contributed by atoms with Gasteiger partial charge in [-0.1, -0.05) is 12.1 Å². The fraction of sp³-hybridized carbons (Fsp3) is 0.318. The second-order valence-corrected chi connectivity index (χ2v) is 7.88. The van der Waals surface area contributed by atoms with Crippen LogP contribution in [0.5, 0.6) is 5.75 Å². The average Bonchev–Trinajstić information content (AvgIpc) is 3.08. The fourth-order valence-electron chi connectivity index (χ4n) is 3.93. The largest absolute Gasteiger partial charge is 0.573 e. The number of ether oxygens (including phenoxy) is 1. The Kier molecular flexibility index (Phi) is 6.31. The molecule has 2 amide bonds. The number of nitrogens with one attached hydrogen (secondary N) is 1. The molecule has 0 bridgehead atoms. The lowest BCUT2D eigenvalue weighted by Crippen LogP contribution is -2.40. The molecule has 180 valence electrons. The third kappa shape index (κ3) is 5.38. The van der Waals surface area contributed by atoms with Crippen LogP contribution in [0.2, 0.25) is 0 Å². The fourth-order valence-corrected chi connectivity index (χ4v) is 3.93. The molecule has 2 aromatic carbocycles. The van der Waals surface area contributed by atoms with E-state index in [1.54, 1.807) is 10.6 Å². The molecular formula is C22H20F4N4O4. The molecule has 0 saturated carbocycles. The number of aromatic nitrogens is 2. The maximum absolute atomic E-state index is 13.8. The Labute approximate surface area is 190 Å². The number of benzene rings is 2. The minimum atomic E-state index is -4.84. The van der Waals surface area contributed by atoms with Crippen LogP contribution in [0.15, 0.2) is 42.5 Å². The van der Waals surface area contributed by atoms with E-state index in [-0.39, 0.29) is 37.0 Å². The number of imidazole rings is 1. The van der Waals surface area contributed by atoms with Crippen LogP contribution in [0.4, 0.5) is 28.3 Å². The third-order valence-corrected chi connectivity index (χ3v) is 5.55. The normalized spacial score (nSPS) is 14.9. The highest BCUT2D eigenvalue weighted by atomic mass is 19.4. The Morgan fingerprint density at radius 2 is 1.88 bits per heavy atom. The summed E-state index contributed by atoms with van der Waals surface area (Å²) in [5, 5.41) is 11.8. The lowest BCUT2D eigenvalue weighted by atomic mass is 9.96. The first kappa shape index (κ1) is 23.3. The Morgan fingerprint density at radius 1 is 1.15 bits per heavy atom. The van der Waals surface area contributed by atoms with Gasteiger partial charge in [-0.3, -0.25) is 10.1 Å². The molecule has 2 N–H and O–H groups in total. The van der Waals surface area contributed by atoms with Crippen molar-refractivity contribution in [1.29, 1.82) is 0 Å². The summed E-state index contributed by atoms with van der Waals surface area (Å²) in [4.78, 5) is 29.5. The Morgan fingerprint density at radius 3 is 2.56 bits per heavy atom. The van der Waals surface area contributed by atoms with E-state index in [1.165, 1.54) is 41.3 Å². The van der Waals surface area contributed by atoms with Gasteiger partial charge in [-0.25, -0.2) is 14.2 Å². The standard InChI is InChI=1S/C22H20F4N4O4/c23-15-4-5-18-17(11-15)27-20(28-19(31)14-6-8-29(9-7-14)21(32)33)30(18)12-13-2-1-3-16(10-13)34-22(24,25)26/h1-5,10-11,14H,6-9,12H2,(H,32,33)(H,27,28,31). The molecule has 1 aliphatic rings. The van der Waals surface area contributed by atoms with Crippen LogP contribution in [0.3, 0.4) is 0 Å². The lowest BCUT2D eigenvalue weighted by molar-refractivity contribution is -0.274. The van der Waals surface area contributed by atoms with Crippen LogP contribution in [0.25, 0.3) is 11.0 Å². The van der Waals surface area contributed by atoms with Crippen LogP contribution >= 0.6 is 0 Å². The van der Waals surface area contributed by atoms with Gasteiger partial charge in [0.2, 0.25) is 11.9 Å². The molecule has 8 nitrogen and oxygen atoms in total. The highest BCUT2D eigenvalue weighted by Gasteiger charge is 2.31. The number of carbonyl (C=O) groups excluding carboxylic acids is 1. The summed E-state index contributed by atoms with van der Waals surface area (Å²) in [5.41, 5.74) is 1.17. The minimum absolute atomic E-state index is 0.0320. The van der Waals surface area contributed by atoms with Crippen molar-refractivity contribution in [2.24, 2.45) is 5.92 Å². The minimum Gasteiger partial charge on any atom is -0.465 e. The zero-order valence-electron chi connectivity index (χ0n) is 17.7. The number of carboxylic acid groups (broad SMARTS) is 1. The maximum Gasteiger partial charge on any atom is 0.573 e. The molecule has 0 radical (unpaired) electrons. The number of carbonyl (C=O) groups is 2. The van der Waals surface area contributed by atoms with Crippen LogP contribution < -0.4 is 10.1 Å². The van der Waals surface area contributed by atoms with Crippen molar-refractivity contribution in [3.63, 3.8) is 0 Å². The molecule has 3 aromatic rings. The van der Waals surface area contributed by atoms with Crippen molar-refractivity contribution in [2.75, 3.05) is 18.4 Å². The first-order valence-electron chi connectivity index (χ1n) is 10.4. The van der Waals surface area contributed by atoms with Gasteiger partial charge in [-0.05, 0) is 42.7 Å². The number of hydrogen-bond acceptors (Lipinski definition) is 4. The van der Waals surface area contributed by atoms with E-state index < -0.39 is 29.9 Å². The third-order valence-electron chi connectivity index (χ3n) is 5.55. The van der Waals surface area contributed by atoms with Crippen LogP contribution in [0.1, 0.15) is 18.4 Å². The van der Waals surface area contributed by atoms with Gasteiger partial charge in [0, 0.05) is 25.1 Å². The van der Waals surface area contributed by atoms with Gasteiger partial charge in [0.25, 0.3) is 0 Å². The topological polar surface area (TPSA) is 96.7 Å². The highest BCUT2D eigenvalue weighted by molar-refractivity contribution is 5.93. The summed E-state index contributed by atoms with van der Waals surface area (Å²) in [7, 11) is 0. The van der Waals surface area contributed by atoms with Gasteiger partial charge >= 0.3 is 12.5 Å². The molecule has 0 aliphatic carbocycles. The second-order valence-electron chi connectivity index (χ2n) is 7.88. The molecule has 2 heterocycles. The quantitative estimate of drug-likeness (QED) is 0.526. The molecule has 0 spiro atoms. The van der Waals surface area contributed by atoms with Crippen molar-refractivity contribution < 1.29 is 37.0 Å². The number of rotatable bonds is 5. The maximum atomic E-state index is 13.8. The number of amides is 2. The molecule has 1 aliphatic heterocycles. The predicted octanol–water partition coefficient (Wildman–Crippen LogP) is 4.45. The molecule has 12 heteroatoms. The van der Waals surface area contributed by atoms with Gasteiger partial charge in [0.05, 0.1) is 17.6 Å². The second kappa shape index (κ2) is 9.20. The SMILES string of the molecule is O=C(Nc1nc2cc(F)ccc2n1Cc1cccc(OC(F)(F)F)c1)C1CCN(C(=O)O)CC1. The van der Waals surface area contributed by atoms with Gasteiger partial charge in [0.15, 0.2) is 0 Å². The monoisotopic (exact) mass is 480 g/mol. The molecular weight excluding hydrogens is 460 g/mol. The zero-order valence-corrected chi connectivity index (χ0v) is 17.7. The summed E-state index contributed by atoms with van der Waals surface area (Å²) in [6.45, 7) is 0.479. The van der Waals surface area contributed by atoms with Gasteiger partial charge < -0.3 is 19.3 Å². The summed E-state index contributed by atoms with van der Waals surface area (Å²) in [6, 6.07) is 9.26. The Hall–Kier alpha value is -3.83. The number of nitrogens with zero attached hydrogens (tertiary/aromatic N) is 3. The summed E-state index contributed by atoms with van der Waals surface area (Å²) in [5.74, 6) is -1.62. The van der Waals surface area contributed by atoms with E-state index in [0.717, 1.165) is 0 Å². The van der Waals surface area contributed by atoms with Crippen molar-refractivity contribution in [3.05, 3.63) is 53.8 Å². The van der Waals surface area contributed by atoms with Crippen molar-refractivity contribution in [3.8, 4) is 5.75 Å². The number of likely N-dealkylation sites (tertiary alicyclic amines) is 1. The van der Waals surface area contributed by atoms with E-state index in [4.69, 9.17) is 5.11 Å². The van der Waals surface area contributed by atoms with E-state index in [9.17, 15) is 27.2 Å². The van der Waals surface area contributed by atoms with E-state index in [1.807, 2.05) is 0 Å². The van der Waals surface area contributed by atoms with Crippen molar-refractivity contribution in [1.82, 2.24) is 14.5 Å². The first-order chi connectivity index (χ1) is 16.1. The smallest absolute Gasteiger partial charge is 0.465 e. The van der Waals surface area contributed by atoms with Gasteiger partial charge in [-0.2, -0.15) is 0 Å². The molecule has 34 heavy (non-hydrogen) atoms. The van der Waals surface area contributed by atoms with Crippen molar-refractivity contribution >= 4 is 29.0 Å². The lowest BCUT2D eigenvalue weighted by Gasteiger charge is -2.29. The van der Waals surface area contributed by atoms with E-state index in [2.05, 4.69) is 15.0 Å². The van der Waals surface area contributed by atoms with Crippen LogP contribution in [0, 0.1) is 11.7 Å². The number of hydrogen-bond donors (Lipinski definition) is 2. The Balaban J connectivity index is 1.59. The number of halogens is 4. The summed E-state index contributed by atoms with van der Waals surface area (Å²) in [6.07, 6.45) is -5.21. The van der Waals surface area contributed by atoms with E-state index in [0.29, 0.717) is 23.9 Å². The molecule has 0 atom stereocenters. The van der Waals surface area contributed by atoms with Crippen LogP contribution in [-0.2, 0) is 11.3 Å². The number of piperidine rings is 1. The molecule has 1 saturated heterocycles. The molecule has 1 fully saturated rings. The number of alkyl halides is 3. The molecule has 4 rings (SSSR count). The van der Waals surface area contributed by atoms with Gasteiger partial charge in [0.1, 0.15) is 11.6 Å². The van der Waals surface area contributed by atoms with Gasteiger partial charge in [-0.15, -0.1) is 13.2 Å². The van der Waals surface area contributed by atoms with E-state index >= 15 is 0 Å². The van der Waals surface area contributed by atoms with Crippen LogP contribution in [-0.4, -0.2) is 51.0 Å². The average molecular weight is 480 g/mol. The Bertz CT molecular complexity index is 1220. The number of anilines is 1. The predicted molar refractivity (Wildman–Crippen MR) is 113 cm³/mol. The zero-order chi connectivity index (χ0) is 24.5. The molecule has 0 unspecified atom stereocenters.